The van der Waals surface area contributed by atoms with E-state index in [9.17, 15) is 38.4 Å². The van der Waals surface area contributed by atoms with Gasteiger partial charge in [0.1, 0.15) is 33.0 Å². The van der Waals surface area contributed by atoms with Crippen molar-refractivity contribution in [3.8, 4) is 0 Å². The summed E-state index contributed by atoms with van der Waals surface area (Å²) in [5, 5.41) is 0. The van der Waals surface area contributed by atoms with Crippen LogP contribution in [0.5, 0.6) is 0 Å². The molecule has 4 atom stereocenters. The van der Waals surface area contributed by atoms with Crippen molar-refractivity contribution < 1.29 is 71.5 Å². The first-order valence-corrected chi connectivity index (χ1v) is 57.8. The maximum absolute atomic E-state index is 11.9. The molecule has 7 fully saturated rings. The maximum Gasteiger partial charge on any atom is 0.410 e. The van der Waals surface area contributed by atoms with Crippen LogP contribution in [0.1, 0.15) is 348 Å². The number of rotatable bonds is 49. The monoisotopic (exact) mass is 2060 g/mol. The highest BCUT2D eigenvalue weighted by Gasteiger charge is 2.36. The number of carbonyl (C=O) groups is 8. The van der Waals surface area contributed by atoms with Gasteiger partial charge in [-0.3, -0.25) is 14.6 Å². The highest BCUT2D eigenvalue weighted by atomic mass is 16.6. The van der Waals surface area contributed by atoms with Crippen molar-refractivity contribution in [3.05, 3.63) is 119 Å². The van der Waals surface area contributed by atoms with Gasteiger partial charge in [-0.25, -0.2) is 33.6 Å². The molecule has 0 aliphatic carbocycles. The van der Waals surface area contributed by atoms with Crippen molar-refractivity contribution in [1.29, 1.82) is 0 Å². The second-order valence-electron chi connectivity index (χ2n) is 46.2. The van der Waals surface area contributed by atoms with Gasteiger partial charge in [-0.15, -0.1) is 0 Å². The Morgan fingerprint density at radius 1 is 0.354 bits per heavy atom. The number of unbranched alkanes of at least 4 members (excludes halogenated alkanes) is 7. The van der Waals surface area contributed by atoms with Crippen LogP contribution in [0.2, 0.25) is 0 Å². The summed E-state index contributed by atoms with van der Waals surface area (Å²) in [7, 11) is 4.02. The zero-order chi connectivity index (χ0) is 109. The second-order valence-corrected chi connectivity index (χ2v) is 46.2. The van der Waals surface area contributed by atoms with E-state index in [1.54, 1.807) is 21.7 Å². The predicted octanol–water partition coefficient (Wildman–Crippen LogP) is 27.0. The molecule has 26 nitrogen and oxygen atoms in total. The Morgan fingerprint density at radius 3 is 1.07 bits per heavy atom. The second kappa shape index (κ2) is 80.5. The Balaban J connectivity index is 0.000000423. The first-order chi connectivity index (χ1) is 70.2. The van der Waals surface area contributed by atoms with E-state index in [-0.39, 0.29) is 66.8 Å². The fourth-order valence-corrected chi connectivity index (χ4v) is 17.7. The molecular weight excluding hydrogens is 1850 g/mol. The number of carbonyl (C=O) groups excluding carboxylic acids is 8. The average Bonchev–Trinajstić information content (AvgIpc) is 1.74. The SMILES string of the molecule is CC(C)CCCCN1C(=O)OC[C@@H]1C.CC(C)CCCCN1C(=O)OC[C@@H]1Cc1ccccc1.CC(C)CCCCN1C(=O)OC[C@H]1C.CC(C)CCCCN1C(=O)OC[C@H]1Cc1ccccc1.CC(C)CCCCN1CC=CC1.CC(C)CCCCN1CCN(C)CC1.CC(C)CCCCOC(=O)N1Cc2ccccc2C1.CC(C)CCN(C)C=O.CC(C)CCN1CCOC1=O.CC(C)CCOC(=O)N1CCCCC1. The van der Waals surface area contributed by atoms with Crippen molar-refractivity contribution in [3.63, 3.8) is 0 Å². The molecule has 12 rings (SSSR count). The molecule has 9 heterocycles. The number of ether oxygens (including phenoxy) is 7. The Morgan fingerprint density at radius 2 is 0.701 bits per heavy atom. The third kappa shape index (κ3) is 64.8. The summed E-state index contributed by atoms with van der Waals surface area (Å²) < 4.78 is 35.6. The Hall–Kier alpha value is -8.36. The number of cyclic esters (lactones) is 5. The van der Waals surface area contributed by atoms with Crippen LogP contribution >= 0.6 is 0 Å². The number of benzene rings is 3. The van der Waals surface area contributed by atoms with Gasteiger partial charge in [-0.2, -0.15) is 0 Å². The predicted molar refractivity (Wildman–Crippen MR) is 603 cm³/mol. The minimum atomic E-state index is -0.180. The molecule has 842 valence electrons. The molecule has 147 heavy (non-hydrogen) atoms. The lowest BCUT2D eigenvalue weighted by atomic mass is 10.0. The van der Waals surface area contributed by atoms with E-state index in [4.69, 9.17) is 33.2 Å². The topological polar surface area (TPSA) is 237 Å². The number of likely N-dealkylation sites (N-methyl/N-ethyl adjacent to an activating group) is 1. The lowest BCUT2D eigenvalue weighted by Crippen LogP contribution is -2.44. The standard InChI is InChI=1S/2C17H25NO2.C16H23NO2.C12H26N2.3C11H21NO2.C11H21N.C8H15NO2.C7H15NO/c2*1-14(2)8-6-7-11-18-16(13-20-17(18)19)12-15-9-4-3-5-10-15;1-13(2)7-5-6-10-19-16(18)17-11-14-8-3-4-9-15(14)12-17;1-12(2)6-4-5-7-14-10-8-13(3)9-11-14;2*1-9(2)6-4-5-7-12-10(3)8-14-11(12)13;1-10(2)6-9-14-11(13)12-7-4-3-5-8-12;1-11(2)7-3-4-8-12-9-5-6-10-12;1-7(2)3-4-9-5-6-11-8(9)10;1-7(2)4-5-8(3)6-9/h2*3-5,9-10,14,16H,6-8,11-13H2,1-2H3;3-4,8-9,13H,5-7,10-12H2,1-2H3;12H,4-11H2,1-3H3;2*9-10H,4-8H2,1-3H3;10H,3-9H2,1-2H3;5-6,11H,3-4,7-10H2,1-2H3;7H,3-6H2,1-2H3;6-7H,4-5H2,1-3H3/t2*16-;;;2*10-;;;;/m10..10..../s1. The lowest BCUT2D eigenvalue weighted by Gasteiger charge is -2.32. The van der Waals surface area contributed by atoms with Gasteiger partial charge < -0.3 is 77.3 Å². The molecule has 0 N–H and O–H groups in total. The van der Waals surface area contributed by atoms with E-state index in [2.05, 4.69) is 209 Å². The minimum absolute atomic E-state index is 0.120. The van der Waals surface area contributed by atoms with Crippen molar-refractivity contribution >= 4 is 49.1 Å². The van der Waals surface area contributed by atoms with Gasteiger partial charge in [-0.1, -0.05) is 319 Å². The van der Waals surface area contributed by atoms with E-state index >= 15 is 0 Å². The number of nitrogens with zero attached hydrogens (tertiary/aromatic N) is 11. The van der Waals surface area contributed by atoms with Crippen LogP contribution in [0, 0.1) is 59.2 Å². The molecule has 0 bridgehead atoms. The fraction of sp³-hybridized carbons (Fsp3) is 0.769. The van der Waals surface area contributed by atoms with Gasteiger partial charge in [-0.05, 0) is 218 Å². The molecule has 3 aromatic rings. The number of fused-ring (bicyclic) bond motifs is 1. The van der Waals surface area contributed by atoms with Crippen LogP contribution in [-0.4, -0.2) is 299 Å². The van der Waals surface area contributed by atoms with Crippen LogP contribution in [0.25, 0.3) is 0 Å². The molecule has 7 saturated heterocycles. The zero-order valence-electron chi connectivity index (χ0n) is 97.3. The highest BCUT2D eigenvalue weighted by molar-refractivity contribution is 5.72. The van der Waals surface area contributed by atoms with E-state index in [0.717, 1.165) is 190 Å². The van der Waals surface area contributed by atoms with Crippen LogP contribution < -0.4 is 0 Å². The smallest absolute Gasteiger partial charge is 0.410 e. The summed E-state index contributed by atoms with van der Waals surface area (Å²) in [6.07, 6.45) is 38.5. The van der Waals surface area contributed by atoms with Gasteiger partial charge in [0.25, 0.3) is 0 Å². The molecule has 9 aliphatic heterocycles. The average molecular weight is 2060 g/mol. The summed E-state index contributed by atoms with van der Waals surface area (Å²) in [5.41, 5.74) is 5.00. The van der Waals surface area contributed by atoms with Crippen molar-refractivity contribution in [2.75, 3.05) is 172 Å². The third-order valence-electron chi connectivity index (χ3n) is 27.5. The molecule has 0 aromatic heterocycles. The van der Waals surface area contributed by atoms with Crippen molar-refractivity contribution in [2.45, 2.75) is 376 Å². The number of likely N-dealkylation sites (tertiary alicyclic amines) is 1. The summed E-state index contributed by atoms with van der Waals surface area (Å²) in [6.45, 7) is 71.3. The van der Waals surface area contributed by atoms with Gasteiger partial charge in [0.15, 0.2) is 0 Å². The molecule has 0 radical (unpaired) electrons. The van der Waals surface area contributed by atoms with Crippen molar-refractivity contribution in [1.82, 2.24) is 53.9 Å². The molecular formula is C121H213N11O15. The van der Waals surface area contributed by atoms with Crippen LogP contribution in [0.4, 0.5) is 33.6 Å². The van der Waals surface area contributed by atoms with E-state index in [0.29, 0.717) is 77.1 Å². The molecule has 0 saturated carbocycles. The quantitative estimate of drug-likeness (QED) is 0.0221. The Bertz CT molecular complexity index is 3740. The van der Waals surface area contributed by atoms with E-state index in [1.807, 2.05) is 86.9 Å². The van der Waals surface area contributed by atoms with Crippen LogP contribution in [0.15, 0.2) is 97.1 Å². The van der Waals surface area contributed by atoms with Crippen LogP contribution in [-0.2, 0) is 63.9 Å². The highest BCUT2D eigenvalue weighted by Crippen LogP contribution is 2.27. The van der Waals surface area contributed by atoms with Gasteiger partial charge in [0.05, 0.1) is 43.9 Å². The van der Waals surface area contributed by atoms with Crippen molar-refractivity contribution in [2.24, 2.45) is 59.2 Å². The molecule has 26 heteroatoms. The summed E-state index contributed by atoms with van der Waals surface area (Å²) in [6, 6.07) is 29.7. The summed E-state index contributed by atoms with van der Waals surface area (Å²) >= 11 is 0. The van der Waals surface area contributed by atoms with Gasteiger partial charge >= 0.3 is 42.7 Å². The Kier molecular flexibility index (Phi) is 72.7. The van der Waals surface area contributed by atoms with Gasteiger partial charge in [0.2, 0.25) is 6.41 Å². The molecule has 3 aromatic carbocycles. The number of hydrogen-bond donors (Lipinski definition) is 0. The summed E-state index contributed by atoms with van der Waals surface area (Å²) in [5.74, 6) is 7.42. The Labute approximate surface area is 895 Å². The van der Waals surface area contributed by atoms with Crippen LogP contribution in [0.3, 0.4) is 0 Å². The fourth-order valence-electron chi connectivity index (χ4n) is 17.7. The molecule has 0 spiro atoms. The zero-order valence-corrected chi connectivity index (χ0v) is 97.3. The third-order valence-corrected chi connectivity index (χ3v) is 27.5. The number of piperidine rings is 1. The maximum atomic E-state index is 11.9. The van der Waals surface area contributed by atoms with Gasteiger partial charge in [0, 0.05) is 112 Å². The number of hydrogen-bond acceptors (Lipinski definition) is 18. The van der Waals surface area contributed by atoms with E-state index in [1.165, 1.54) is 177 Å². The number of piperazine rings is 1. The molecule has 0 unspecified atom stereocenters. The number of amides is 8. The summed E-state index contributed by atoms with van der Waals surface area (Å²) in [4.78, 5) is 112. The molecule has 9 aliphatic rings. The lowest BCUT2D eigenvalue weighted by molar-refractivity contribution is -0.117. The molecule has 8 amide bonds. The van der Waals surface area contributed by atoms with E-state index < -0.39 is 0 Å². The minimum Gasteiger partial charge on any atom is -0.449 e. The first-order valence-electron chi connectivity index (χ1n) is 57.8. The first kappa shape index (κ1) is 133. The normalized spacial score (nSPS) is 18.0. The largest absolute Gasteiger partial charge is 0.449 e.